The summed E-state index contributed by atoms with van der Waals surface area (Å²) in [6.45, 7) is 6.70. The van der Waals surface area contributed by atoms with Crippen LogP contribution in [0.4, 0.5) is 5.82 Å². The van der Waals surface area contributed by atoms with Crippen molar-refractivity contribution in [1.82, 2.24) is 9.97 Å². The molecule has 3 aromatic rings. The fourth-order valence-electron chi connectivity index (χ4n) is 3.16. The highest BCUT2D eigenvalue weighted by molar-refractivity contribution is 6.34. The number of nitrogens with one attached hydrogen (secondary N) is 1. The summed E-state index contributed by atoms with van der Waals surface area (Å²) in [5, 5.41) is 1.23. The normalized spacial score (nSPS) is 11.6. The number of carbonyl (C=O) groups excluding carboxylic acids is 1. The number of pyridine rings is 1. The highest BCUT2D eigenvalue weighted by atomic mass is 35.5. The number of aromatic nitrogens is 2. The Hall–Kier alpha value is -2.77. The fourth-order valence-corrected chi connectivity index (χ4v) is 3.43. The Labute approximate surface area is 181 Å². The molecule has 0 atom stereocenters. The monoisotopic (exact) mass is 430 g/mol. The van der Waals surface area contributed by atoms with E-state index in [2.05, 4.69) is 9.97 Å². The largest absolute Gasteiger partial charge is 0.480 e. The molecule has 0 fully saturated rings. The van der Waals surface area contributed by atoms with E-state index in [4.69, 9.17) is 26.8 Å². The Morgan fingerprint density at radius 3 is 2.63 bits per heavy atom. The standard InChI is InChI=1S/C22H27ClN4O3/c1-22(2,3)30-21(28)16-12-25-18-11-17(23)14(10-15(16)18)13-6-7-19(26-20(13)29-5)27(4)9-8-24/h6-7,10-12,25H,8-9,24H2,1-5H3. The Balaban J connectivity index is 2.09. The molecule has 2 heterocycles. The van der Waals surface area contributed by atoms with Gasteiger partial charge in [-0.3, -0.25) is 0 Å². The van der Waals surface area contributed by atoms with Gasteiger partial charge in [0.15, 0.2) is 0 Å². The van der Waals surface area contributed by atoms with Gasteiger partial charge in [-0.25, -0.2) is 4.79 Å². The maximum absolute atomic E-state index is 12.6. The lowest BCUT2D eigenvalue weighted by molar-refractivity contribution is 0.00719. The van der Waals surface area contributed by atoms with Crippen molar-refractivity contribution in [1.29, 1.82) is 0 Å². The van der Waals surface area contributed by atoms with Crippen LogP contribution in [0, 0.1) is 0 Å². The van der Waals surface area contributed by atoms with Crippen LogP contribution < -0.4 is 15.4 Å². The van der Waals surface area contributed by atoms with Crippen molar-refractivity contribution in [3.05, 3.63) is 41.0 Å². The molecule has 0 bridgehead atoms. The van der Waals surface area contributed by atoms with Crippen molar-refractivity contribution in [3.63, 3.8) is 0 Å². The summed E-state index contributed by atoms with van der Waals surface area (Å²) >= 11 is 6.57. The molecule has 8 heteroatoms. The third-order valence-electron chi connectivity index (χ3n) is 4.57. The number of H-pyrrole nitrogens is 1. The first kappa shape index (κ1) is 21.9. The molecule has 3 N–H and O–H groups in total. The first-order chi connectivity index (χ1) is 14.1. The summed E-state index contributed by atoms with van der Waals surface area (Å²) in [4.78, 5) is 22.3. The highest BCUT2D eigenvalue weighted by Gasteiger charge is 2.22. The summed E-state index contributed by atoms with van der Waals surface area (Å²) in [6, 6.07) is 7.44. The third kappa shape index (κ3) is 4.52. The SMILES string of the molecule is COc1nc(N(C)CCN)ccc1-c1cc2c(C(=O)OC(C)(C)C)c[nH]c2cc1Cl. The molecule has 0 saturated carbocycles. The van der Waals surface area contributed by atoms with Crippen molar-refractivity contribution in [2.75, 3.05) is 32.1 Å². The molecule has 3 rings (SSSR count). The zero-order valence-corrected chi connectivity index (χ0v) is 18.6. The lowest BCUT2D eigenvalue weighted by Gasteiger charge is -2.19. The average molecular weight is 431 g/mol. The van der Waals surface area contributed by atoms with E-state index in [9.17, 15) is 4.79 Å². The number of likely N-dealkylation sites (N-methyl/N-ethyl adjacent to an activating group) is 1. The number of hydrogen-bond donors (Lipinski definition) is 2. The summed E-state index contributed by atoms with van der Waals surface area (Å²) in [5.41, 5.74) is 7.69. The molecule has 160 valence electrons. The van der Waals surface area contributed by atoms with Crippen molar-refractivity contribution in [3.8, 4) is 17.0 Å². The number of methoxy groups -OCH3 is 1. The van der Waals surface area contributed by atoms with Gasteiger partial charge in [0.1, 0.15) is 11.4 Å². The van der Waals surface area contributed by atoms with Crippen LogP contribution in [-0.2, 0) is 4.74 Å². The van der Waals surface area contributed by atoms with Gasteiger partial charge in [-0.15, -0.1) is 0 Å². The van der Waals surface area contributed by atoms with Crippen molar-refractivity contribution in [2.24, 2.45) is 5.73 Å². The number of nitrogens with two attached hydrogens (primary N) is 1. The first-order valence-corrected chi connectivity index (χ1v) is 10.0. The molecular formula is C22H27ClN4O3. The molecule has 7 nitrogen and oxygen atoms in total. The van der Waals surface area contributed by atoms with E-state index in [0.29, 0.717) is 35.1 Å². The second-order valence-electron chi connectivity index (χ2n) is 8.02. The van der Waals surface area contributed by atoms with Crippen molar-refractivity contribution >= 4 is 34.3 Å². The third-order valence-corrected chi connectivity index (χ3v) is 4.89. The Morgan fingerprint density at radius 2 is 2.00 bits per heavy atom. The molecule has 0 saturated heterocycles. The second kappa shape index (κ2) is 8.53. The molecule has 30 heavy (non-hydrogen) atoms. The Bertz CT molecular complexity index is 1070. The van der Waals surface area contributed by atoms with Crippen LogP contribution in [0.15, 0.2) is 30.5 Å². The number of esters is 1. The number of rotatable bonds is 6. The molecule has 0 radical (unpaired) electrons. The lowest BCUT2D eigenvalue weighted by atomic mass is 10.0. The topological polar surface area (TPSA) is 93.5 Å². The summed E-state index contributed by atoms with van der Waals surface area (Å²) < 4.78 is 11.1. The fraction of sp³-hybridized carbons (Fsp3) is 0.364. The van der Waals surface area contributed by atoms with E-state index in [0.717, 1.165) is 22.3 Å². The van der Waals surface area contributed by atoms with Gasteiger partial charge in [-0.05, 0) is 45.0 Å². The van der Waals surface area contributed by atoms with Gasteiger partial charge >= 0.3 is 5.97 Å². The summed E-state index contributed by atoms with van der Waals surface area (Å²) in [7, 11) is 3.48. The number of halogens is 1. The van der Waals surface area contributed by atoms with Crippen LogP contribution in [0.1, 0.15) is 31.1 Å². The van der Waals surface area contributed by atoms with E-state index < -0.39 is 11.6 Å². The molecule has 0 aliphatic carbocycles. The van der Waals surface area contributed by atoms with Gasteiger partial charge in [-0.1, -0.05) is 11.6 Å². The van der Waals surface area contributed by atoms with E-state index in [1.165, 1.54) is 0 Å². The number of hydrogen-bond acceptors (Lipinski definition) is 6. The Kier molecular flexibility index (Phi) is 6.24. The predicted molar refractivity (Wildman–Crippen MR) is 121 cm³/mol. The van der Waals surface area contributed by atoms with E-state index in [1.54, 1.807) is 19.4 Å². The molecule has 0 unspecified atom stereocenters. The van der Waals surface area contributed by atoms with Crippen molar-refractivity contribution in [2.45, 2.75) is 26.4 Å². The number of aromatic amines is 1. The van der Waals surface area contributed by atoms with Crippen LogP contribution in [0.2, 0.25) is 5.02 Å². The smallest absolute Gasteiger partial charge is 0.340 e. The molecule has 0 spiro atoms. The molecule has 0 aliphatic rings. The van der Waals surface area contributed by atoms with E-state index in [1.807, 2.05) is 50.9 Å². The van der Waals surface area contributed by atoms with Gasteiger partial charge in [0.2, 0.25) is 5.88 Å². The zero-order valence-electron chi connectivity index (χ0n) is 17.9. The number of nitrogens with zero attached hydrogens (tertiary/aromatic N) is 2. The molecule has 1 aromatic carbocycles. The van der Waals surface area contributed by atoms with Gasteiger partial charge in [0.25, 0.3) is 0 Å². The minimum Gasteiger partial charge on any atom is -0.480 e. The minimum atomic E-state index is -0.589. The van der Waals surface area contributed by atoms with Crippen LogP contribution in [0.5, 0.6) is 5.88 Å². The number of carbonyl (C=O) groups is 1. The maximum Gasteiger partial charge on any atom is 0.340 e. The molecule has 2 aromatic heterocycles. The summed E-state index contributed by atoms with van der Waals surface area (Å²) in [6.07, 6.45) is 1.64. The van der Waals surface area contributed by atoms with E-state index in [-0.39, 0.29) is 0 Å². The number of fused-ring (bicyclic) bond motifs is 1. The first-order valence-electron chi connectivity index (χ1n) is 9.65. The molecular weight excluding hydrogens is 404 g/mol. The number of ether oxygens (including phenoxy) is 2. The van der Waals surface area contributed by atoms with Crippen molar-refractivity contribution < 1.29 is 14.3 Å². The van der Waals surface area contributed by atoms with Gasteiger partial charge in [-0.2, -0.15) is 4.98 Å². The van der Waals surface area contributed by atoms with Gasteiger partial charge in [0, 0.05) is 48.4 Å². The van der Waals surface area contributed by atoms with E-state index >= 15 is 0 Å². The van der Waals surface area contributed by atoms with Crippen LogP contribution >= 0.6 is 11.6 Å². The summed E-state index contributed by atoms with van der Waals surface area (Å²) in [5.74, 6) is 0.784. The van der Waals surface area contributed by atoms with Crippen LogP contribution in [0.25, 0.3) is 22.0 Å². The predicted octanol–water partition coefficient (Wildman–Crippen LogP) is 4.24. The average Bonchev–Trinajstić information content (AvgIpc) is 3.08. The van der Waals surface area contributed by atoms with Gasteiger partial charge < -0.3 is 25.1 Å². The van der Waals surface area contributed by atoms with Crippen LogP contribution in [0.3, 0.4) is 0 Å². The molecule has 0 aliphatic heterocycles. The second-order valence-corrected chi connectivity index (χ2v) is 8.43. The molecule has 0 amide bonds. The minimum absolute atomic E-state index is 0.397. The Morgan fingerprint density at radius 1 is 1.27 bits per heavy atom. The van der Waals surface area contributed by atoms with Crippen LogP contribution in [-0.4, -0.2) is 48.8 Å². The number of anilines is 1. The zero-order chi connectivity index (χ0) is 22.1. The lowest BCUT2D eigenvalue weighted by Crippen LogP contribution is -2.25. The maximum atomic E-state index is 12.6. The number of benzene rings is 1. The highest BCUT2D eigenvalue weighted by Crippen LogP contribution is 2.38. The quantitative estimate of drug-likeness (QED) is 0.568. The van der Waals surface area contributed by atoms with Gasteiger partial charge in [0.05, 0.1) is 17.7 Å².